The number of halogens is 1. The van der Waals surface area contributed by atoms with Crippen LogP contribution in [0.5, 0.6) is 0 Å². The molecule has 1 aromatic carbocycles. The maximum atomic E-state index is 14.4. The lowest BCUT2D eigenvalue weighted by molar-refractivity contribution is 0.425. The predicted octanol–water partition coefficient (Wildman–Crippen LogP) is 4.60. The molecule has 0 aromatic heterocycles. The highest BCUT2D eigenvalue weighted by Gasteiger charge is 2.32. The van der Waals surface area contributed by atoms with Crippen molar-refractivity contribution in [2.75, 3.05) is 0 Å². The molecule has 2 fully saturated rings. The molecular weight excluding hydrogens is 237 g/mol. The van der Waals surface area contributed by atoms with E-state index in [-0.39, 0.29) is 11.4 Å². The first kappa shape index (κ1) is 13.1. The Hall–Kier alpha value is -0.890. The van der Waals surface area contributed by atoms with E-state index >= 15 is 0 Å². The second-order valence-corrected chi connectivity index (χ2v) is 6.43. The van der Waals surface area contributed by atoms with Crippen molar-refractivity contribution in [1.82, 2.24) is 0 Å². The summed E-state index contributed by atoms with van der Waals surface area (Å²) in [7, 11) is 0. The largest absolute Gasteiger partial charge is 0.321 e. The summed E-state index contributed by atoms with van der Waals surface area (Å²) in [6, 6.07) is 5.81. The summed E-state index contributed by atoms with van der Waals surface area (Å²) in [6.07, 6.45) is 10.4. The van der Waals surface area contributed by atoms with Crippen LogP contribution in [0.1, 0.15) is 74.8 Å². The van der Waals surface area contributed by atoms with Gasteiger partial charge in [-0.05, 0) is 48.8 Å². The predicted molar refractivity (Wildman–Crippen MR) is 76.6 cm³/mol. The Morgan fingerprint density at radius 3 is 2.32 bits per heavy atom. The standard InChI is InChI=1S/C17H24FN/c18-16-12-14(17(19)10-4-5-11-17)8-9-15(16)13-6-2-1-3-7-13/h8-9,12-13H,1-7,10-11,19H2. The van der Waals surface area contributed by atoms with Gasteiger partial charge in [0, 0.05) is 5.54 Å². The van der Waals surface area contributed by atoms with Crippen LogP contribution in [-0.4, -0.2) is 0 Å². The zero-order chi connectivity index (χ0) is 13.3. The topological polar surface area (TPSA) is 26.0 Å². The van der Waals surface area contributed by atoms with Gasteiger partial charge in [0.25, 0.3) is 0 Å². The smallest absolute Gasteiger partial charge is 0.127 e. The number of rotatable bonds is 2. The fraction of sp³-hybridized carbons (Fsp3) is 0.647. The van der Waals surface area contributed by atoms with Crippen molar-refractivity contribution in [1.29, 1.82) is 0 Å². The second-order valence-electron chi connectivity index (χ2n) is 6.43. The van der Waals surface area contributed by atoms with Gasteiger partial charge >= 0.3 is 0 Å². The maximum absolute atomic E-state index is 14.4. The van der Waals surface area contributed by atoms with Gasteiger partial charge in [0.2, 0.25) is 0 Å². The normalized spacial score (nSPS) is 23.7. The highest BCUT2D eigenvalue weighted by atomic mass is 19.1. The Morgan fingerprint density at radius 2 is 1.68 bits per heavy atom. The Balaban J connectivity index is 1.85. The number of hydrogen-bond donors (Lipinski definition) is 1. The van der Waals surface area contributed by atoms with Gasteiger partial charge in [0.1, 0.15) is 5.82 Å². The van der Waals surface area contributed by atoms with Crippen LogP contribution in [0, 0.1) is 5.82 Å². The van der Waals surface area contributed by atoms with Crippen molar-refractivity contribution in [3.05, 3.63) is 35.1 Å². The summed E-state index contributed by atoms with van der Waals surface area (Å²) in [5, 5.41) is 0. The van der Waals surface area contributed by atoms with Crippen LogP contribution in [0.4, 0.5) is 4.39 Å². The van der Waals surface area contributed by atoms with Crippen LogP contribution in [0.25, 0.3) is 0 Å². The second kappa shape index (κ2) is 5.24. The molecule has 0 spiro atoms. The van der Waals surface area contributed by atoms with Gasteiger partial charge in [-0.1, -0.05) is 44.2 Å². The third-order valence-corrected chi connectivity index (χ3v) is 5.12. The molecule has 0 aliphatic heterocycles. The first-order valence-electron chi connectivity index (χ1n) is 7.78. The molecule has 2 N–H and O–H groups in total. The highest BCUT2D eigenvalue weighted by Crippen LogP contribution is 2.39. The molecule has 0 unspecified atom stereocenters. The van der Waals surface area contributed by atoms with Crippen molar-refractivity contribution in [3.8, 4) is 0 Å². The minimum absolute atomic E-state index is 0.0267. The van der Waals surface area contributed by atoms with Crippen LogP contribution in [0.3, 0.4) is 0 Å². The van der Waals surface area contributed by atoms with Gasteiger partial charge in [-0.15, -0.1) is 0 Å². The van der Waals surface area contributed by atoms with Gasteiger partial charge in [-0.3, -0.25) is 0 Å². The van der Waals surface area contributed by atoms with E-state index in [1.54, 1.807) is 6.07 Å². The Kier molecular flexibility index (Phi) is 3.62. The summed E-state index contributed by atoms with van der Waals surface area (Å²) in [5.41, 5.74) is 8.06. The van der Waals surface area contributed by atoms with Crippen LogP contribution >= 0.6 is 0 Å². The number of nitrogens with two attached hydrogens (primary N) is 1. The summed E-state index contributed by atoms with van der Waals surface area (Å²) in [5.74, 6) is 0.404. The average Bonchev–Trinajstić information content (AvgIpc) is 2.88. The van der Waals surface area contributed by atoms with Crippen LogP contribution in [0.15, 0.2) is 18.2 Å². The van der Waals surface area contributed by atoms with Gasteiger partial charge in [-0.25, -0.2) is 4.39 Å². The fourth-order valence-electron chi connectivity index (χ4n) is 3.88. The maximum Gasteiger partial charge on any atom is 0.127 e. The highest BCUT2D eigenvalue weighted by molar-refractivity contribution is 5.32. The zero-order valence-corrected chi connectivity index (χ0v) is 11.6. The summed E-state index contributed by atoms with van der Waals surface area (Å²) < 4.78 is 14.4. The SMILES string of the molecule is NC1(c2ccc(C3CCCCC3)c(F)c2)CCCC1. The van der Waals surface area contributed by atoms with Gasteiger partial charge in [0.15, 0.2) is 0 Å². The van der Waals surface area contributed by atoms with E-state index < -0.39 is 0 Å². The van der Waals surface area contributed by atoms with E-state index in [0.717, 1.165) is 36.8 Å². The van der Waals surface area contributed by atoms with E-state index in [1.165, 1.54) is 32.1 Å². The zero-order valence-electron chi connectivity index (χ0n) is 11.6. The third-order valence-electron chi connectivity index (χ3n) is 5.12. The summed E-state index contributed by atoms with van der Waals surface area (Å²) in [6.45, 7) is 0. The Morgan fingerprint density at radius 1 is 1.00 bits per heavy atom. The molecule has 1 aromatic rings. The van der Waals surface area contributed by atoms with Gasteiger partial charge in [0.05, 0.1) is 0 Å². The third kappa shape index (κ3) is 2.55. The molecule has 0 atom stereocenters. The van der Waals surface area contributed by atoms with E-state index in [4.69, 9.17) is 5.73 Å². The van der Waals surface area contributed by atoms with Crippen molar-refractivity contribution >= 4 is 0 Å². The molecule has 0 bridgehead atoms. The molecule has 0 heterocycles. The van der Waals surface area contributed by atoms with E-state index in [0.29, 0.717) is 5.92 Å². The average molecular weight is 261 g/mol. The first-order valence-corrected chi connectivity index (χ1v) is 7.78. The van der Waals surface area contributed by atoms with Crippen molar-refractivity contribution < 1.29 is 4.39 Å². The summed E-state index contributed by atoms with van der Waals surface area (Å²) >= 11 is 0. The molecule has 0 saturated heterocycles. The molecular formula is C17H24FN. The minimum atomic E-state index is -0.272. The van der Waals surface area contributed by atoms with Crippen molar-refractivity contribution in [3.63, 3.8) is 0 Å². The first-order chi connectivity index (χ1) is 9.19. The molecule has 2 heteroatoms. The molecule has 3 rings (SSSR count). The number of hydrogen-bond acceptors (Lipinski definition) is 1. The summed E-state index contributed by atoms with van der Waals surface area (Å²) in [4.78, 5) is 0. The lowest BCUT2D eigenvalue weighted by Gasteiger charge is -2.27. The quantitative estimate of drug-likeness (QED) is 0.827. The minimum Gasteiger partial charge on any atom is -0.321 e. The van der Waals surface area contributed by atoms with Crippen molar-refractivity contribution in [2.24, 2.45) is 5.73 Å². The van der Waals surface area contributed by atoms with Crippen LogP contribution < -0.4 is 5.73 Å². The van der Waals surface area contributed by atoms with Gasteiger partial charge < -0.3 is 5.73 Å². The molecule has 19 heavy (non-hydrogen) atoms. The fourth-order valence-corrected chi connectivity index (χ4v) is 3.88. The Bertz CT molecular complexity index is 443. The van der Waals surface area contributed by atoms with Crippen LogP contribution in [-0.2, 0) is 5.54 Å². The van der Waals surface area contributed by atoms with E-state index in [1.807, 2.05) is 6.07 Å². The molecule has 0 amide bonds. The van der Waals surface area contributed by atoms with Gasteiger partial charge in [-0.2, -0.15) is 0 Å². The lowest BCUT2D eigenvalue weighted by atomic mass is 9.82. The monoisotopic (exact) mass is 261 g/mol. The molecule has 2 aliphatic carbocycles. The molecule has 2 saturated carbocycles. The van der Waals surface area contributed by atoms with E-state index in [9.17, 15) is 4.39 Å². The van der Waals surface area contributed by atoms with E-state index in [2.05, 4.69) is 6.07 Å². The molecule has 1 nitrogen and oxygen atoms in total. The molecule has 104 valence electrons. The number of benzene rings is 1. The molecule has 0 radical (unpaired) electrons. The Labute approximate surface area is 115 Å². The molecule has 2 aliphatic rings. The lowest BCUT2D eigenvalue weighted by Crippen LogP contribution is -2.33. The van der Waals surface area contributed by atoms with Crippen molar-refractivity contribution in [2.45, 2.75) is 69.2 Å². The van der Waals surface area contributed by atoms with Crippen LogP contribution in [0.2, 0.25) is 0 Å².